The highest BCUT2D eigenvalue weighted by atomic mass is 16.5. The number of methoxy groups -OCH3 is 1. The standard InChI is InChI=1S/C19H18N6O/c1-26-16-7-3-2-6-14(16)9-11-21-18-15-12-24-25(19(15)23-13-22-18)17-8-4-5-10-20-17/h2-8,10,12-13H,9,11H2,1H3,(H,21,22,23). The highest BCUT2D eigenvalue weighted by Crippen LogP contribution is 2.22. The van der Waals surface area contributed by atoms with Gasteiger partial charge in [0.05, 0.1) is 18.7 Å². The van der Waals surface area contributed by atoms with Gasteiger partial charge in [-0.1, -0.05) is 24.3 Å². The van der Waals surface area contributed by atoms with Gasteiger partial charge in [-0.25, -0.2) is 15.0 Å². The van der Waals surface area contributed by atoms with Crippen molar-refractivity contribution in [2.75, 3.05) is 19.0 Å². The molecule has 0 atom stereocenters. The number of pyridine rings is 1. The summed E-state index contributed by atoms with van der Waals surface area (Å²) in [7, 11) is 1.69. The fourth-order valence-electron chi connectivity index (χ4n) is 2.86. The molecule has 7 nitrogen and oxygen atoms in total. The molecule has 0 saturated carbocycles. The first-order valence-corrected chi connectivity index (χ1v) is 8.33. The lowest BCUT2D eigenvalue weighted by Crippen LogP contribution is -2.08. The number of fused-ring (bicyclic) bond motifs is 1. The average molecular weight is 346 g/mol. The Morgan fingerprint density at radius 1 is 1.04 bits per heavy atom. The third-order valence-corrected chi connectivity index (χ3v) is 4.11. The molecule has 0 aliphatic rings. The number of hydrogen-bond donors (Lipinski definition) is 1. The average Bonchev–Trinajstić information content (AvgIpc) is 3.14. The normalized spacial score (nSPS) is 10.8. The lowest BCUT2D eigenvalue weighted by Gasteiger charge is -2.09. The van der Waals surface area contributed by atoms with Crippen LogP contribution >= 0.6 is 0 Å². The summed E-state index contributed by atoms with van der Waals surface area (Å²) in [6, 6.07) is 13.7. The molecule has 0 saturated heterocycles. The number of hydrogen-bond acceptors (Lipinski definition) is 6. The van der Waals surface area contributed by atoms with E-state index < -0.39 is 0 Å². The number of anilines is 1. The summed E-state index contributed by atoms with van der Waals surface area (Å²) >= 11 is 0. The highest BCUT2D eigenvalue weighted by molar-refractivity contribution is 5.86. The van der Waals surface area contributed by atoms with Crippen LogP contribution in [0.1, 0.15) is 5.56 Å². The first kappa shape index (κ1) is 16.0. The van der Waals surface area contributed by atoms with Gasteiger partial charge in [-0.3, -0.25) is 0 Å². The minimum atomic E-state index is 0.721. The van der Waals surface area contributed by atoms with E-state index in [0.717, 1.165) is 46.9 Å². The van der Waals surface area contributed by atoms with Crippen molar-refractivity contribution in [3.05, 3.63) is 66.7 Å². The van der Waals surface area contributed by atoms with Crippen molar-refractivity contribution in [3.63, 3.8) is 0 Å². The van der Waals surface area contributed by atoms with Crippen LogP contribution in [0.4, 0.5) is 5.82 Å². The Bertz CT molecular complexity index is 1010. The zero-order valence-electron chi connectivity index (χ0n) is 14.3. The van der Waals surface area contributed by atoms with Crippen LogP contribution < -0.4 is 10.1 Å². The van der Waals surface area contributed by atoms with Gasteiger partial charge in [-0.15, -0.1) is 0 Å². The first-order chi connectivity index (χ1) is 12.9. The van der Waals surface area contributed by atoms with Gasteiger partial charge in [0.15, 0.2) is 11.5 Å². The molecule has 0 fully saturated rings. The second kappa shape index (κ2) is 7.18. The molecule has 0 bridgehead atoms. The smallest absolute Gasteiger partial charge is 0.170 e. The zero-order valence-corrected chi connectivity index (χ0v) is 14.3. The van der Waals surface area contributed by atoms with Crippen LogP contribution in [0.5, 0.6) is 5.75 Å². The van der Waals surface area contributed by atoms with Crippen LogP contribution in [0.25, 0.3) is 16.9 Å². The maximum absolute atomic E-state index is 5.40. The van der Waals surface area contributed by atoms with Crippen LogP contribution in [-0.4, -0.2) is 38.4 Å². The van der Waals surface area contributed by atoms with Crippen LogP contribution in [0, 0.1) is 0 Å². The predicted octanol–water partition coefficient (Wildman–Crippen LogP) is 2.87. The summed E-state index contributed by atoms with van der Waals surface area (Å²) in [5.74, 6) is 2.37. The number of benzene rings is 1. The van der Waals surface area contributed by atoms with Crippen molar-refractivity contribution < 1.29 is 4.74 Å². The monoisotopic (exact) mass is 346 g/mol. The molecule has 1 aromatic carbocycles. The minimum Gasteiger partial charge on any atom is -0.496 e. The quantitative estimate of drug-likeness (QED) is 0.578. The van der Waals surface area contributed by atoms with Crippen molar-refractivity contribution in [3.8, 4) is 11.6 Å². The molecule has 0 unspecified atom stereocenters. The first-order valence-electron chi connectivity index (χ1n) is 8.33. The van der Waals surface area contributed by atoms with E-state index in [1.54, 1.807) is 24.2 Å². The summed E-state index contributed by atoms with van der Waals surface area (Å²) in [5.41, 5.74) is 1.87. The number of rotatable bonds is 6. The molecular formula is C19H18N6O. The molecule has 0 aliphatic heterocycles. The molecule has 4 aromatic rings. The Kier molecular flexibility index (Phi) is 4.42. The van der Waals surface area contributed by atoms with E-state index in [1.807, 2.05) is 36.4 Å². The van der Waals surface area contributed by atoms with Crippen molar-refractivity contribution in [2.45, 2.75) is 6.42 Å². The van der Waals surface area contributed by atoms with Crippen molar-refractivity contribution >= 4 is 16.9 Å². The molecule has 0 amide bonds. The summed E-state index contributed by atoms with van der Waals surface area (Å²) in [6.07, 6.45) is 5.85. The van der Waals surface area contributed by atoms with Gasteiger partial charge in [0.2, 0.25) is 0 Å². The maximum Gasteiger partial charge on any atom is 0.170 e. The minimum absolute atomic E-state index is 0.721. The lowest BCUT2D eigenvalue weighted by atomic mass is 10.1. The van der Waals surface area contributed by atoms with Gasteiger partial charge in [-0.05, 0) is 30.2 Å². The van der Waals surface area contributed by atoms with E-state index in [-0.39, 0.29) is 0 Å². The van der Waals surface area contributed by atoms with Gasteiger partial charge < -0.3 is 10.1 Å². The van der Waals surface area contributed by atoms with Gasteiger partial charge in [-0.2, -0.15) is 9.78 Å². The molecule has 3 heterocycles. The molecule has 7 heteroatoms. The SMILES string of the molecule is COc1ccccc1CCNc1ncnc2c1cnn2-c1ccccn1. The number of ether oxygens (including phenoxy) is 1. The molecule has 3 aromatic heterocycles. The zero-order chi connectivity index (χ0) is 17.8. The Morgan fingerprint density at radius 3 is 2.77 bits per heavy atom. The van der Waals surface area contributed by atoms with Crippen molar-refractivity contribution in [2.24, 2.45) is 0 Å². The van der Waals surface area contributed by atoms with E-state index in [0.29, 0.717) is 0 Å². The van der Waals surface area contributed by atoms with Gasteiger partial charge in [0.25, 0.3) is 0 Å². The van der Waals surface area contributed by atoms with Crippen molar-refractivity contribution in [1.82, 2.24) is 24.7 Å². The Hall–Kier alpha value is -3.48. The fraction of sp³-hybridized carbons (Fsp3) is 0.158. The van der Waals surface area contributed by atoms with Crippen LogP contribution in [0.2, 0.25) is 0 Å². The summed E-state index contributed by atoms with van der Waals surface area (Å²) < 4.78 is 7.11. The molecule has 0 radical (unpaired) electrons. The number of aromatic nitrogens is 5. The van der Waals surface area contributed by atoms with E-state index in [2.05, 4.69) is 31.4 Å². The summed E-state index contributed by atoms with van der Waals surface area (Å²) in [4.78, 5) is 13.0. The Balaban J connectivity index is 1.55. The van der Waals surface area contributed by atoms with Crippen LogP contribution in [0.3, 0.4) is 0 Å². The molecule has 0 spiro atoms. The van der Waals surface area contributed by atoms with E-state index in [1.165, 1.54) is 6.33 Å². The van der Waals surface area contributed by atoms with Crippen LogP contribution in [-0.2, 0) is 6.42 Å². The number of nitrogens with one attached hydrogen (secondary N) is 1. The topological polar surface area (TPSA) is 77.8 Å². The van der Waals surface area contributed by atoms with E-state index >= 15 is 0 Å². The van der Waals surface area contributed by atoms with E-state index in [4.69, 9.17) is 4.74 Å². The second-order valence-electron chi connectivity index (χ2n) is 5.69. The predicted molar refractivity (Wildman–Crippen MR) is 99.6 cm³/mol. The lowest BCUT2D eigenvalue weighted by molar-refractivity contribution is 0.410. The van der Waals surface area contributed by atoms with Crippen molar-refractivity contribution in [1.29, 1.82) is 0 Å². The van der Waals surface area contributed by atoms with E-state index in [9.17, 15) is 0 Å². The van der Waals surface area contributed by atoms with Gasteiger partial charge in [0, 0.05) is 12.7 Å². The Labute approximate surface area is 150 Å². The number of nitrogens with zero attached hydrogens (tertiary/aromatic N) is 5. The molecular weight excluding hydrogens is 328 g/mol. The van der Waals surface area contributed by atoms with Crippen LogP contribution in [0.15, 0.2) is 61.2 Å². The number of para-hydroxylation sites is 1. The fourth-order valence-corrected chi connectivity index (χ4v) is 2.86. The third kappa shape index (κ3) is 3.06. The largest absolute Gasteiger partial charge is 0.496 e. The maximum atomic E-state index is 5.40. The highest BCUT2D eigenvalue weighted by Gasteiger charge is 2.11. The molecule has 0 aliphatic carbocycles. The molecule has 4 rings (SSSR count). The Morgan fingerprint density at radius 2 is 1.92 bits per heavy atom. The summed E-state index contributed by atoms with van der Waals surface area (Å²) in [5, 5.41) is 8.64. The molecule has 1 N–H and O–H groups in total. The second-order valence-corrected chi connectivity index (χ2v) is 5.69. The van der Waals surface area contributed by atoms with Gasteiger partial charge >= 0.3 is 0 Å². The van der Waals surface area contributed by atoms with Gasteiger partial charge in [0.1, 0.15) is 17.9 Å². The molecule has 130 valence electrons. The summed E-state index contributed by atoms with van der Waals surface area (Å²) in [6.45, 7) is 0.723. The third-order valence-electron chi connectivity index (χ3n) is 4.11. The molecule has 26 heavy (non-hydrogen) atoms.